The molecule has 3 heteroatoms. The Bertz CT molecular complexity index is 241. The van der Waals surface area contributed by atoms with E-state index in [1.165, 1.54) is 32.1 Å². The van der Waals surface area contributed by atoms with Gasteiger partial charge in [-0.1, -0.05) is 32.6 Å². The molecule has 17 heavy (non-hydrogen) atoms. The number of carbonyl (C=O) groups excluding carboxylic acids is 1. The van der Waals surface area contributed by atoms with E-state index < -0.39 is 0 Å². The van der Waals surface area contributed by atoms with E-state index in [9.17, 15) is 4.79 Å². The van der Waals surface area contributed by atoms with Crippen LogP contribution in [0.4, 0.5) is 4.79 Å². The summed E-state index contributed by atoms with van der Waals surface area (Å²) in [6.07, 6.45) is 9.03. The second-order valence-corrected chi connectivity index (χ2v) is 5.84. The fraction of sp³-hybridized carbons (Fsp3) is 0.929. The predicted molar refractivity (Wildman–Crippen MR) is 69.9 cm³/mol. The average molecular weight is 238 g/mol. The van der Waals surface area contributed by atoms with E-state index in [4.69, 9.17) is 0 Å². The molecule has 0 aromatic rings. The lowest BCUT2D eigenvalue weighted by molar-refractivity contribution is 0.173. The molecule has 3 nitrogen and oxygen atoms in total. The van der Waals surface area contributed by atoms with Crippen LogP contribution in [0.1, 0.15) is 51.9 Å². The maximum atomic E-state index is 11.9. The van der Waals surface area contributed by atoms with Gasteiger partial charge < -0.3 is 10.2 Å². The second-order valence-electron chi connectivity index (χ2n) is 5.84. The van der Waals surface area contributed by atoms with E-state index >= 15 is 0 Å². The summed E-state index contributed by atoms with van der Waals surface area (Å²) in [5.74, 6) is 1.66. The van der Waals surface area contributed by atoms with Gasteiger partial charge in [0.15, 0.2) is 0 Å². The fourth-order valence-corrected chi connectivity index (χ4v) is 3.01. The van der Waals surface area contributed by atoms with Crippen molar-refractivity contribution in [2.24, 2.45) is 11.8 Å². The van der Waals surface area contributed by atoms with Gasteiger partial charge in [-0.05, 0) is 31.1 Å². The summed E-state index contributed by atoms with van der Waals surface area (Å²) in [6.45, 7) is 5.03. The van der Waals surface area contributed by atoms with Crippen molar-refractivity contribution in [3.63, 3.8) is 0 Å². The smallest absolute Gasteiger partial charge is 0.317 e. The lowest BCUT2D eigenvalue weighted by Gasteiger charge is -2.30. The molecule has 2 fully saturated rings. The van der Waals surface area contributed by atoms with Crippen molar-refractivity contribution < 1.29 is 4.79 Å². The Kier molecular flexibility index (Phi) is 4.69. The van der Waals surface area contributed by atoms with Crippen molar-refractivity contribution in [2.75, 3.05) is 19.6 Å². The fourth-order valence-electron chi connectivity index (χ4n) is 3.01. The number of rotatable bonds is 3. The predicted octanol–water partition coefficient (Wildman–Crippen LogP) is 3.01. The van der Waals surface area contributed by atoms with Crippen LogP contribution in [0.25, 0.3) is 0 Å². The lowest BCUT2D eigenvalue weighted by atomic mass is 10.00. The van der Waals surface area contributed by atoms with Gasteiger partial charge in [0, 0.05) is 19.6 Å². The van der Waals surface area contributed by atoms with Crippen molar-refractivity contribution in [2.45, 2.75) is 51.9 Å². The Morgan fingerprint density at radius 2 is 1.82 bits per heavy atom. The molecule has 0 spiro atoms. The number of amides is 2. The van der Waals surface area contributed by atoms with Gasteiger partial charge in [-0.25, -0.2) is 4.79 Å². The Morgan fingerprint density at radius 1 is 1.18 bits per heavy atom. The highest BCUT2D eigenvalue weighted by Gasteiger charge is 2.20. The van der Waals surface area contributed by atoms with Crippen LogP contribution in [-0.4, -0.2) is 30.6 Å². The summed E-state index contributed by atoms with van der Waals surface area (Å²) >= 11 is 0. The van der Waals surface area contributed by atoms with Gasteiger partial charge in [-0.15, -0.1) is 0 Å². The topological polar surface area (TPSA) is 32.3 Å². The van der Waals surface area contributed by atoms with Crippen LogP contribution in [0.5, 0.6) is 0 Å². The van der Waals surface area contributed by atoms with Crippen molar-refractivity contribution >= 4 is 6.03 Å². The van der Waals surface area contributed by atoms with Gasteiger partial charge >= 0.3 is 6.03 Å². The van der Waals surface area contributed by atoms with Crippen molar-refractivity contribution in [3.8, 4) is 0 Å². The van der Waals surface area contributed by atoms with E-state index in [2.05, 4.69) is 12.2 Å². The summed E-state index contributed by atoms with van der Waals surface area (Å²) in [7, 11) is 0. The summed E-state index contributed by atoms with van der Waals surface area (Å²) in [5.41, 5.74) is 0. The van der Waals surface area contributed by atoms with E-state index in [0.29, 0.717) is 0 Å². The normalized spacial score (nSPS) is 23.0. The number of likely N-dealkylation sites (tertiary alicyclic amines) is 1. The standard InChI is InChI=1S/C14H26N2O/c1-12-7-10-16(11-8-12)14(17)15-9-6-13-4-2-3-5-13/h12-13H,2-11H2,1H3,(H,15,17). The Labute approximate surface area is 105 Å². The van der Waals surface area contributed by atoms with E-state index in [-0.39, 0.29) is 6.03 Å². The average Bonchev–Trinajstić information content (AvgIpc) is 2.83. The zero-order valence-electron chi connectivity index (χ0n) is 11.1. The van der Waals surface area contributed by atoms with Gasteiger partial charge in [0.1, 0.15) is 0 Å². The van der Waals surface area contributed by atoms with Crippen LogP contribution < -0.4 is 5.32 Å². The molecular weight excluding hydrogens is 212 g/mol. The van der Waals surface area contributed by atoms with Crippen LogP contribution in [0.15, 0.2) is 0 Å². The number of carbonyl (C=O) groups is 1. The van der Waals surface area contributed by atoms with Crippen molar-refractivity contribution in [1.82, 2.24) is 10.2 Å². The highest BCUT2D eigenvalue weighted by atomic mass is 16.2. The lowest BCUT2D eigenvalue weighted by Crippen LogP contribution is -2.44. The Morgan fingerprint density at radius 3 is 2.47 bits per heavy atom. The highest BCUT2D eigenvalue weighted by Crippen LogP contribution is 2.26. The number of urea groups is 1. The highest BCUT2D eigenvalue weighted by molar-refractivity contribution is 5.74. The van der Waals surface area contributed by atoms with Gasteiger partial charge in [0.25, 0.3) is 0 Å². The van der Waals surface area contributed by atoms with Crippen molar-refractivity contribution in [1.29, 1.82) is 0 Å². The molecule has 1 saturated carbocycles. The maximum absolute atomic E-state index is 11.9. The van der Waals surface area contributed by atoms with Gasteiger partial charge in [-0.2, -0.15) is 0 Å². The van der Waals surface area contributed by atoms with Crippen molar-refractivity contribution in [3.05, 3.63) is 0 Å². The zero-order valence-corrected chi connectivity index (χ0v) is 11.1. The SMILES string of the molecule is CC1CCN(C(=O)NCCC2CCCC2)CC1. The molecule has 1 aliphatic heterocycles. The molecule has 2 rings (SSSR count). The van der Waals surface area contributed by atoms with Gasteiger partial charge in [0.05, 0.1) is 0 Å². The second kappa shape index (κ2) is 6.27. The van der Waals surface area contributed by atoms with Crippen LogP contribution in [0.2, 0.25) is 0 Å². The van der Waals surface area contributed by atoms with Crippen LogP contribution in [0.3, 0.4) is 0 Å². The number of hydrogen-bond donors (Lipinski definition) is 1. The molecule has 0 bridgehead atoms. The summed E-state index contributed by atoms with van der Waals surface area (Å²) in [4.78, 5) is 13.9. The van der Waals surface area contributed by atoms with Crippen LogP contribution in [0, 0.1) is 11.8 Å². The molecule has 0 aromatic carbocycles. The van der Waals surface area contributed by atoms with Gasteiger partial charge in [-0.3, -0.25) is 0 Å². The quantitative estimate of drug-likeness (QED) is 0.805. The molecule has 0 aromatic heterocycles. The largest absolute Gasteiger partial charge is 0.338 e. The first-order chi connectivity index (χ1) is 8.25. The first-order valence-electron chi connectivity index (χ1n) is 7.28. The van der Waals surface area contributed by atoms with E-state index in [1.807, 2.05) is 4.90 Å². The molecule has 1 N–H and O–H groups in total. The monoisotopic (exact) mass is 238 g/mol. The molecule has 98 valence electrons. The Hall–Kier alpha value is -0.730. The third-order valence-electron chi connectivity index (χ3n) is 4.37. The molecule has 2 aliphatic rings. The Balaban J connectivity index is 1.60. The molecule has 0 radical (unpaired) electrons. The molecular formula is C14H26N2O. The number of nitrogens with one attached hydrogen (secondary N) is 1. The molecule has 0 atom stereocenters. The first kappa shape index (κ1) is 12.7. The number of piperidine rings is 1. The first-order valence-corrected chi connectivity index (χ1v) is 7.28. The van der Waals surface area contributed by atoms with E-state index in [0.717, 1.165) is 44.3 Å². The summed E-state index contributed by atoms with van der Waals surface area (Å²) in [6, 6.07) is 0.162. The molecule has 1 saturated heterocycles. The third kappa shape index (κ3) is 3.90. The number of nitrogens with zero attached hydrogens (tertiary/aromatic N) is 1. The number of hydrogen-bond acceptors (Lipinski definition) is 1. The molecule has 0 unspecified atom stereocenters. The van der Waals surface area contributed by atoms with Crippen LogP contribution >= 0.6 is 0 Å². The minimum atomic E-state index is 0.162. The zero-order chi connectivity index (χ0) is 12.1. The van der Waals surface area contributed by atoms with E-state index in [1.54, 1.807) is 0 Å². The minimum absolute atomic E-state index is 0.162. The maximum Gasteiger partial charge on any atom is 0.317 e. The van der Waals surface area contributed by atoms with Crippen LogP contribution in [-0.2, 0) is 0 Å². The van der Waals surface area contributed by atoms with Gasteiger partial charge in [0.2, 0.25) is 0 Å². The minimum Gasteiger partial charge on any atom is -0.338 e. The molecule has 2 amide bonds. The molecule has 1 heterocycles. The third-order valence-corrected chi connectivity index (χ3v) is 4.37. The summed E-state index contributed by atoms with van der Waals surface area (Å²) in [5, 5.41) is 3.08. The summed E-state index contributed by atoms with van der Waals surface area (Å²) < 4.78 is 0. The molecule has 1 aliphatic carbocycles.